The lowest BCUT2D eigenvalue weighted by Crippen LogP contribution is -2.11. The van der Waals surface area contributed by atoms with Crippen molar-refractivity contribution in [2.24, 2.45) is 7.05 Å². The number of anilines is 1. The SMILES string of the molecule is CCc1nn(C)c2n[nH]c(NC(=O)c3ccc(Cn4cccn4)o3)c12. The first-order valence-electron chi connectivity index (χ1n) is 7.93. The number of nitrogens with one attached hydrogen (secondary N) is 2. The van der Waals surface area contributed by atoms with Crippen molar-refractivity contribution in [1.82, 2.24) is 29.8 Å². The van der Waals surface area contributed by atoms with E-state index >= 15 is 0 Å². The number of H-pyrrole nitrogens is 1. The maximum absolute atomic E-state index is 12.5. The van der Waals surface area contributed by atoms with E-state index in [-0.39, 0.29) is 11.7 Å². The maximum Gasteiger partial charge on any atom is 0.292 e. The molecule has 1 amide bonds. The van der Waals surface area contributed by atoms with E-state index in [1.54, 1.807) is 27.7 Å². The average molecular weight is 339 g/mol. The standard InChI is InChI=1S/C16H17N7O2/c1-3-11-13-14(19-20-15(13)22(2)21-11)18-16(24)12-6-5-10(25-12)9-23-8-4-7-17-23/h4-8H,3,9H2,1-2H3,(H2,18,19,20,24). The number of hydrogen-bond acceptors (Lipinski definition) is 5. The van der Waals surface area contributed by atoms with E-state index < -0.39 is 0 Å². The Morgan fingerprint density at radius 1 is 1.40 bits per heavy atom. The molecule has 0 aliphatic carbocycles. The number of carbonyl (C=O) groups is 1. The summed E-state index contributed by atoms with van der Waals surface area (Å²) in [6.07, 6.45) is 4.27. The van der Waals surface area contributed by atoms with Crippen molar-refractivity contribution >= 4 is 22.8 Å². The number of hydrogen-bond donors (Lipinski definition) is 2. The summed E-state index contributed by atoms with van der Waals surface area (Å²) in [5.41, 5.74) is 1.58. The van der Waals surface area contributed by atoms with E-state index in [1.807, 2.05) is 26.2 Å². The van der Waals surface area contributed by atoms with Gasteiger partial charge in [0.05, 0.1) is 17.6 Å². The predicted molar refractivity (Wildman–Crippen MR) is 90.2 cm³/mol. The van der Waals surface area contributed by atoms with Gasteiger partial charge in [-0.15, -0.1) is 0 Å². The fourth-order valence-electron chi connectivity index (χ4n) is 2.77. The average Bonchev–Trinajstić information content (AvgIpc) is 3.36. The summed E-state index contributed by atoms with van der Waals surface area (Å²) < 4.78 is 9.03. The van der Waals surface area contributed by atoms with Gasteiger partial charge in [-0.25, -0.2) is 4.68 Å². The molecule has 0 unspecified atom stereocenters. The van der Waals surface area contributed by atoms with E-state index in [1.165, 1.54) is 0 Å². The molecule has 4 rings (SSSR count). The van der Waals surface area contributed by atoms with Crippen molar-refractivity contribution in [2.45, 2.75) is 19.9 Å². The van der Waals surface area contributed by atoms with E-state index in [0.717, 1.165) is 17.5 Å². The van der Waals surface area contributed by atoms with E-state index in [0.29, 0.717) is 23.8 Å². The summed E-state index contributed by atoms with van der Waals surface area (Å²) in [5, 5.41) is 19.2. The lowest BCUT2D eigenvalue weighted by atomic mass is 10.2. The number of nitrogens with zero attached hydrogens (tertiary/aromatic N) is 5. The Bertz CT molecular complexity index is 1020. The minimum atomic E-state index is -0.344. The van der Waals surface area contributed by atoms with Crippen molar-refractivity contribution in [3.05, 3.63) is 47.8 Å². The fourth-order valence-corrected chi connectivity index (χ4v) is 2.77. The van der Waals surface area contributed by atoms with Crippen LogP contribution in [0.1, 0.15) is 28.9 Å². The van der Waals surface area contributed by atoms with Crippen LogP contribution < -0.4 is 5.32 Å². The molecule has 0 aliphatic heterocycles. The van der Waals surface area contributed by atoms with Gasteiger partial charge in [0.15, 0.2) is 11.4 Å². The Morgan fingerprint density at radius 2 is 2.28 bits per heavy atom. The van der Waals surface area contributed by atoms with E-state index in [4.69, 9.17) is 4.42 Å². The fraction of sp³-hybridized carbons (Fsp3) is 0.250. The Kier molecular flexibility index (Phi) is 3.60. The van der Waals surface area contributed by atoms with Crippen LogP contribution >= 0.6 is 0 Å². The third-order valence-electron chi connectivity index (χ3n) is 3.95. The molecule has 4 aromatic heterocycles. The lowest BCUT2D eigenvalue weighted by molar-refractivity contribution is 0.0994. The van der Waals surface area contributed by atoms with Crippen LogP contribution in [-0.4, -0.2) is 35.7 Å². The quantitative estimate of drug-likeness (QED) is 0.578. The number of amides is 1. The van der Waals surface area contributed by atoms with Crippen molar-refractivity contribution in [1.29, 1.82) is 0 Å². The first-order valence-corrected chi connectivity index (χ1v) is 7.93. The molecular weight excluding hydrogens is 322 g/mol. The third kappa shape index (κ3) is 2.69. The topological polar surface area (TPSA) is 107 Å². The highest BCUT2D eigenvalue weighted by Gasteiger charge is 2.19. The molecule has 4 heterocycles. The monoisotopic (exact) mass is 339 g/mol. The molecule has 0 spiro atoms. The van der Waals surface area contributed by atoms with Gasteiger partial charge < -0.3 is 9.73 Å². The highest BCUT2D eigenvalue weighted by Crippen LogP contribution is 2.25. The van der Waals surface area contributed by atoms with Crippen molar-refractivity contribution in [3.8, 4) is 0 Å². The molecule has 128 valence electrons. The molecule has 0 saturated carbocycles. The molecule has 2 N–H and O–H groups in total. The summed E-state index contributed by atoms with van der Waals surface area (Å²) >= 11 is 0. The van der Waals surface area contributed by atoms with Crippen molar-refractivity contribution in [2.75, 3.05) is 5.32 Å². The highest BCUT2D eigenvalue weighted by atomic mass is 16.4. The Morgan fingerprint density at radius 3 is 3.04 bits per heavy atom. The van der Waals surface area contributed by atoms with Crippen LogP contribution in [0.25, 0.3) is 11.0 Å². The Hall–Kier alpha value is -3.36. The van der Waals surface area contributed by atoms with E-state index in [9.17, 15) is 4.79 Å². The van der Waals surface area contributed by atoms with Gasteiger partial charge in [0.2, 0.25) is 0 Å². The second-order valence-electron chi connectivity index (χ2n) is 5.64. The molecule has 4 aromatic rings. The molecular formula is C16H17N7O2. The Balaban J connectivity index is 1.55. The highest BCUT2D eigenvalue weighted by molar-refractivity contribution is 6.06. The smallest absolute Gasteiger partial charge is 0.292 e. The Labute approximate surface area is 142 Å². The first-order chi connectivity index (χ1) is 12.2. The van der Waals surface area contributed by atoms with Crippen LogP contribution in [-0.2, 0) is 20.0 Å². The number of furan rings is 1. The summed E-state index contributed by atoms with van der Waals surface area (Å²) in [6, 6.07) is 5.24. The normalized spacial score (nSPS) is 11.3. The van der Waals surface area contributed by atoms with E-state index in [2.05, 4.69) is 25.7 Å². The van der Waals surface area contributed by atoms with Crippen LogP contribution in [0.4, 0.5) is 5.82 Å². The molecule has 0 saturated heterocycles. The second kappa shape index (κ2) is 5.93. The molecule has 0 radical (unpaired) electrons. The van der Waals surface area contributed by atoms with Crippen LogP contribution in [0.3, 0.4) is 0 Å². The molecule has 0 fully saturated rings. The zero-order chi connectivity index (χ0) is 17.4. The van der Waals surface area contributed by atoms with Gasteiger partial charge in [-0.05, 0) is 24.6 Å². The molecule has 25 heavy (non-hydrogen) atoms. The number of aromatic nitrogens is 6. The number of fused-ring (bicyclic) bond motifs is 1. The molecule has 0 aromatic carbocycles. The van der Waals surface area contributed by atoms with Crippen molar-refractivity contribution < 1.29 is 9.21 Å². The van der Waals surface area contributed by atoms with Crippen LogP contribution in [0.5, 0.6) is 0 Å². The van der Waals surface area contributed by atoms with Crippen LogP contribution in [0, 0.1) is 0 Å². The minimum absolute atomic E-state index is 0.229. The van der Waals surface area contributed by atoms with Gasteiger partial charge in [-0.2, -0.15) is 15.3 Å². The second-order valence-corrected chi connectivity index (χ2v) is 5.64. The van der Waals surface area contributed by atoms with Gasteiger partial charge in [-0.1, -0.05) is 6.92 Å². The molecule has 0 aliphatic rings. The largest absolute Gasteiger partial charge is 0.454 e. The zero-order valence-corrected chi connectivity index (χ0v) is 13.9. The number of aryl methyl sites for hydroxylation is 2. The van der Waals surface area contributed by atoms with Crippen molar-refractivity contribution in [3.63, 3.8) is 0 Å². The number of aromatic amines is 1. The predicted octanol–water partition coefficient (Wildman–Crippen LogP) is 1.95. The van der Waals surface area contributed by atoms with Gasteiger partial charge in [0, 0.05) is 19.4 Å². The molecule has 0 bridgehead atoms. The first kappa shape index (κ1) is 15.2. The summed E-state index contributed by atoms with van der Waals surface area (Å²) in [5.74, 6) is 1.06. The summed E-state index contributed by atoms with van der Waals surface area (Å²) in [4.78, 5) is 12.5. The van der Waals surface area contributed by atoms with Gasteiger partial charge in [0.25, 0.3) is 5.91 Å². The summed E-state index contributed by atoms with van der Waals surface area (Å²) in [7, 11) is 1.82. The zero-order valence-electron chi connectivity index (χ0n) is 13.9. The summed E-state index contributed by atoms with van der Waals surface area (Å²) in [6.45, 7) is 2.48. The molecule has 9 nitrogen and oxygen atoms in total. The molecule has 0 atom stereocenters. The number of rotatable bonds is 5. The molecule has 9 heteroatoms. The van der Waals surface area contributed by atoms with Crippen LogP contribution in [0.15, 0.2) is 35.0 Å². The third-order valence-corrected chi connectivity index (χ3v) is 3.95. The van der Waals surface area contributed by atoms with Gasteiger partial charge in [0.1, 0.15) is 11.6 Å². The minimum Gasteiger partial charge on any atom is -0.454 e. The van der Waals surface area contributed by atoms with Crippen LogP contribution in [0.2, 0.25) is 0 Å². The lowest BCUT2D eigenvalue weighted by Gasteiger charge is -2.01. The van der Waals surface area contributed by atoms with Gasteiger partial charge >= 0.3 is 0 Å². The maximum atomic E-state index is 12.5. The van der Waals surface area contributed by atoms with Gasteiger partial charge in [-0.3, -0.25) is 14.6 Å². The number of carbonyl (C=O) groups excluding carboxylic acids is 1.